The predicted molar refractivity (Wildman–Crippen MR) is 106 cm³/mol. The van der Waals surface area contributed by atoms with Gasteiger partial charge in [0.15, 0.2) is 0 Å². The first-order valence-corrected chi connectivity index (χ1v) is 11.5. The summed E-state index contributed by atoms with van der Waals surface area (Å²) in [6.07, 6.45) is 1.42. The van der Waals surface area contributed by atoms with Gasteiger partial charge < -0.3 is 28.8 Å². The van der Waals surface area contributed by atoms with Crippen LogP contribution < -0.4 is 0 Å². The highest BCUT2D eigenvalue weighted by Crippen LogP contribution is 2.72. The highest BCUT2D eigenvalue weighted by Gasteiger charge is 2.84. The fourth-order valence-corrected chi connectivity index (χ4v) is 7.99. The average molecular weight is 428 g/mol. The number of aliphatic hydroxyl groups excluding tert-OH is 1. The smallest absolute Gasteiger partial charge is 0.302 e. The van der Waals surface area contributed by atoms with Gasteiger partial charge in [-0.1, -0.05) is 30.3 Å². The van der Waals surface area contributed by atoms with Crippen LogP contribution in [-0.4, -0.2) is 66.0 Å². The maximum atomic E-state index is 11.8. The number of carbonyl (C=O) groups is 1. The van der Waals surface area contributed by atoms with Crippen molar-refractivity contribution in [3.05, 3.63) is 35.9 Å². The van der Waals surface area contributed by atoms with Gasteiger partial charge in [0, 0.05) is 37.0 Å². The molecule has 7 rings (SSSR count). The summed E-state index contributed by atoms with van der Waals surface area (Å²) < 4.78 is 31.1. The molecule has 1 spiro atoms. The van der Waals surface area contributed by atoms with Gasteiger partial charge in [-0.3, -0.25) is 4.79 Å². The number of carbonyl (C=O) groups excluding carboxylic acids is 1. The fourth-order valence-electron chi connectivity index (χ4n) is 7.99. The van der Waals surface area contributed by atoms with E-state index in [2.05, 4.69) is 12.1 Å². The van der Waals surface area contributed by atoms with Gasteiger partial charge in [-0.2, -0.15) is 0 Å². The van der Waals surface area contributed by atoms with E-state index in [1.54, 1.807) is 0 Å². The van der Waals surface area contributed by atoms with Crippen LogP contribution in [0.15, 0.2) is 30.3 Å². The van der Waals surface area contributed by atoms with E-state index in [9.17, 15) is 9.90 Å². The third-order valence-electron chi connectivity index (χ3n) is 8.93. The molecule has 7 heteroatoms. The second-order valence-electron chi connectivity index (χ2n) is 10.3. The number of fused-ring (bicyclic) bond motifs is 8. The van der Waals surface area contributed by atoms with E-state index >= 15 is 0 Å². The SMILES string of the molecule is CC(=O)OC[C@@]12C[C@H](O)[C@@]34O[C@H]5C[C@@H](O[C@@H]53)[C@H]4[C@@H]1[C@H]1C[C@@H](OCc3ccccc3)[C@@H]2O1. The van der Waals surface area contributed by atoms with Crippen molar-refractivity contribution in [1.82, 2.24) is 0 Å². The van der Waals surface area contributed by atoms with Crippen LogP contribution >= 0.6 is 0 Å². The minimum atomic E-state index is -0.659. The zero-order valence-corrected chi connectivity index (χ0v) is 17.5. The summed E-state index contributed by atoms with van der Waals surface area (Å²) in [6, 6.07) is 10.1. The van der Waals surface area contributed by atoms with Gasteiger partial charge in [-0.25, -0.2) is 0 Å². The Hall–Kier alpha value is -1.51. The zero-order chi connectivity index (χ0) is 21.0. The molecule has 6 fully saturated rings. The Morgan fingerprint density at radius 1 is 1.10 bits per heavy atom. The zero-order valence-electron chi connectivity index (χ0n) is 17.5. The largest absolute Gasteiger partial charge is 0.465 e. The van der Waals surface area contributed by atoms with Gasteiger partial charge in [-0.15, -0.1) is 0 Å². The summed E-state index contributed by atoms with van der Waals surface area (Å²) in [6.45, 7) is 2.19. The van der Waals surface area contributed by atoms with E-state index in [1.807, 2.05) is 18.2 Å². The molecule has 0 aromatic heterocycles. The molecule has 7 nitrogen and oxygen atoms in total. The van der Waals surface area contributed by atoms with Crippen molar-refractivity contribution in [2.75, 3.05) is 6.61 Å². The molecule has 5 aliphatic heterocycles. The van der Waals surface area contributed by atoms with Gasteiger partial charge in [0.25, 0.3) is 0 Å². The Labute approximate surface area is 180 Å². The minimum Gasteiger partial charge on any atom is -0.465 e. The van der Waals surface area contributed by atoms with Crippen molar-refractivity contribution < 1.29 is 33.6 Å². The van der Waals surface area contributed by atoms with Crippen LogP contribution in [-0.2, 0) is 35.1 Å². The summed E-state index contributed by atoms with van der Waals surface area (Å²) in [7, 11) is 0. The summed E-state index contributed by atoms with van der Waals surface area (Å²) >= 11 is 0. The molecule has 1 aliphatic carbocycles. The van der Waals surface area contributed by atoms with Crippen LogP contribution in [0.4, 0.5) is 0 Å². The molecule has 4 bridgehead atoms. The number of esters is 1. The lowest BCUT2D eigenvalue weighted by atomic mass is 9.46. The van der Waals surface area contributed by atoms with Crippen LogP contribution in [0, 0.1) is 17.3 Å². The number of benzene rings is 1. The second kappa shape index (κ2) is 6.29. The molecule has 5 heterocycles. The van der Waals surface area contributed by atoms with Crippen LogP contribution in [0.5, 0.6) is 0 Å². The maximum absolute atomic E-state index is 11.8. The summed E-state index contributed by atoms with van der Waals surface area (Å²) in [4.78, 5) is 11.8. The Morgan fingerprint density at radius 2 is 1.87 bits per heavy atom. The van der Waals surface area contributed by atoms with E-state index in [-0.39, 0.29) is 61.0 Å². The lowest BCUT2D eigenvalue weighted by Crippen LogP contribution is -2.78. The summed E-state index contributed by atoms with van der Waals surface area (Å²) in [5.74, 6) is -0.100. The molecule has 166 valence electrons. The minimum absolute atomic E-state index is 0.00121. The Kier molecular flexibility index (Phi) is 3.86. The first kappa shape index (κ1) is 19.0. The second-order valence-corrected chi connectivity index (χ2v) is 10.3. The number of hydrogen-bond donors (Lipinski definition) is 1. The topological polar surface area (TPSA) is 83.5 Å². The van der Waals surface area contributed by atoms with Crippen molar-refractivity contribution >= 4 is 5.97 Å². The van der Waals surface area contributed by atoms with Crippen LogP contribution in [0.1, 0.15) is 31.7 Å². The highest BCUT2D eigenvalue weighted by atomic mass is 16.7. The quantitative estimate of drug-likeness (QED) is 0.714. The molecule has 1 saturated carbocycles. The van der Waals surface area contributed by atoms with Gasteiger partial charge in [0.1, 0.15) is 11.7 Å². The number of ether oxygens (including phenoxy) is 5. The lowest BCUT2D eigenvalue weighted by Gasteiger charge is -2.64. The predicted octanol–water partition coefficient (Wildman–Crippen LogP) is 1.60. The highest BCUT2D eigenvalue weighted by molar-refractivity contribution is 5.66. The van der Waals surface area contributed by atoms with E-state index in [4.69, 9.17) is 23.7 Å². The molecule has 6 aliphatic rings. The molecule has 0 unspecified atom stereocenters. The molecule has 31 heavy (non-hydrogen) atoms. The standard InChI is InChI=1S/C24H28O7/c1-12(25)28-11-23-9-18(26)24-20(15-8-17(31-24)22(24)30-15)19(23)14-7-16(21(23)29-14)27-10-13-5-3-2-4-6-13/h2-6,14-22,26H,7-11H2,1H3/t14-,15-,16-,17+,18+,19+,20+,21+,22+,23+,24+/m1/s1. The van der Waals surface area contributed by atoms with Crippen LogP contribution in [0.3, 0.4) is 0 Å². The Bertz CT molecular complexity index is 906. The molecule has 11 atom stereocenters. The maximum Gasteiger partial charge on any atom is 0.302 e. The molecule has 1 aromatic carbocycles. The van der Waals surface area contributed by atoms with Crippen LogP contribution in [0.25, 0.3) is 0 Å². The van der Waals surface area contributed by atoms with Crippen molar-refractivity contribution in [1.29, 1.82) is 0 Å². The summed E-state index contributed by atoms with van der Waals surface area (Å²) in [5, 5.41) is 11.4. The van der Waals surface area contributed by atoms with Crippen molar-refractivity contribution in [2.24, 2.45) is 17.3 Å². The Balaban J connectivity index is 1.21. The van der Waals surface area contributed by atoms with Crippen molar-refractivity contribution in [2.45, 2.75) is 81.1 Å². The number of rotatable bonds is 5. The van der Waals surface area contributed by atoms with E-state index in [0.717, 1.165) is 18.4 Å². The van der Waals surface area contributed by atoms with Gasteiger partial charge in [0.2, 0.25) is 0 Å². The number of hydrogen-bond acceptors (Lipinski definition) is 7. The molecule has 5 saturated heterocycles. The molecule has 0 amide bonds. The normalized spacial score (nSPS) is 52.5. The summed E-state index contributed by atoms with van der Waals surface area (Å²) in [5.41, 5.74) is 0.0358. The van der Waals surface area contributed by atoms with Crippen molar-refractivity contribution in [3.8, 4) is 0 Å². The van der Waals surface area contributed by atoms with Gasteiger partial charge >= 0.3 is 5.97 Å². The first-order valence-electron chi connectivity index (χ1n) is 11.5. The van der Waals surface area contributed by atoms with Crippen molar-refractivity contribution in [3.63, 3.8) is 0 Å². The molecular weight excluding hydrogens is 400 g/mol. The molecule has 0 radical (unpaired) electrons. The molecule has 1 aromatic rings. The number of aliphatic hydroxyl groups is 1. The monoisotopic (exact) mass is 428 g/mol. The Morgan fingerprint density at radius 3 is 2.68 bits per heavy atom. The molecule has 1 N–H and O–H groups in total. The lowest BCUT2D eigenvalue weighted by molar-refractivity contribution is -0.337. The average Bonchev–Trinajstić information content (AvgIpc) is 3.47. The van der Waals surface area contributed by atoms with E-state index in [1.165, 1.54) is 6.92 Å². The molecular formula is C24H28O7. The third-order valence-corrected chi connectivity index (χ3v) is 8.93. The van der Waals surface area contributed by atoms with Crippen LogP contribution in [0.2, 0.25) is 0 Å². The first-order chi connectivity index (χ1) is 15.0. The third kappa shape index (κ3) is 2.29. The van der Waals surface area contributed by atoms with Gasteiger partial charge in [-0.05, 0) is 12.0 Å². The fraction of sp³-hybridized carbons (Fsp3) is 0.708. The van der Waals surface area contributed by atoms with E-state index < -0.39 is 17.1 Å². The van der Waals surface area contributed by atoms with Gasteiger partial charge in [0.05, 0.1) is 49.8 Å². The van der Waals surface area contributed by atoms with E-state index in [0.29, 0.717) is 13.0 Å².